The first kappa shape index (κ1) is 18.8. The average Bonchev–Trinajstić information content (AvgIpc) is 2.25. The minimum absolute atomic E-state index is 0.0317. The van der Waals surface area contributed by atoms with Crippen LogP contribution in [-0.2, 0) is 9.36 Å². The minimum Gasteiger partial charge on any atom is -0.324 e. The molecule has 0 aliphatic heterocycles. The third kappa shape index (κ3) is 8.51. The molecule has 2 N–H and O–H groups in total. The van der Waals surface area contributed by atoms with Crippen LogP contribution >= 0.6 is 7.60 Å². The van der Waals surface area contributed by atoms with Crippen LogP contribution in [0.3, 0.4) is 0 Å². The van der Waals surface area contributed by atoms with Crippen molar-refractivity contribution in [1.82, 2.24) is 0 Å². The molecule has 0 aromatic rings. The van der Waals surface area contributed by atoms with Crippen molar-refractivity contribution < 1.29 is 23.5 Å². The highest BCUT2D eigenvalue weighted by Crippen LogP contribution is 2.38. The van der Waals surface area contributed by atoms with Crippen LogP contribution < -0.4 is 0 Å². The second kappa shape index (κ2) is 8.13. The summed E-state index contributed by atoms with van der Waals surface area (Å²) in [6.45, 7) is 5.77. The molecule has 0 aromatic carbocycles. The van der Waals surface area contributed by atoms with Gasteiger partial charge in [0.25, 0.3) is 0 Å². The summed E-state index contributed by atoms with van der Waals surface area (Å²) in [5.41, 5.74) is -2.08. The lowest BCUT2D eigenvalue weighted by molar-refractivity contribution is -0.129. The van der Waals surface area contributed by atoms with Gasteiger partial charge in [0.1, 0.15) is 6.16 Å². The van der Waals surface area contributed by atoms with Gasteiger partial charge in [-0.2, -0.15) is 0 Å². The Morgan fingerprint density at radius 2 is 1.84 bits per heavy atom. The van der Waals surface area contributed by atoms with E-state index < -0.39 is 25.2 Å². The summed E-state index contributed by atoms with van der Waals surface area (Å²) in [4.78, 5) is 29.1. The van der Waals surface area contributed by atoms with Crippen molar-refractivity contribution in [3.05, 3.63) is 0 Å². The maximum Gasteiger partial charge on any atom is 0.333 e. The van der Waals surface area contributed by atoms with Gasteiger partial charge in [-0.05, 0) is 25.2 Å². The molecular weight excluding hydrogens is 270 g/mol. The lowest BCUT2D eigenvalue weighted by Gasteiger charge is -2.22. The molecule has 0 fully saturated rings. The summed E-state index contributed by atoms with van der Waals surface area (Å²) in [5.74, 6) is -0.357. The molecule has 1 unspecified atom stereocenters. The highest BCUT2D eigenvalue weighted by atomic mass is 31.2. The smallest absolute Gasteiger partial charge is 0.324 e. The molecular formula is C13H26FO4P. The number of hydrogen-bond acceptors (Lipinski definition) is 2. The van der Waals surface area contributed by atoms with Crippen molar-refractivity contribution in [2.24, 2.45) is 5.92 Å². The maximum atomic E-state index is 14.3. The molecule has 0 radical (unpaired) electrons. The van der Waals surface area contributed by atoms with E-state index in [1.807, 2.05) is 0 Å². The van der Waals surface area contributed by atoms with Gasteiger partial charge < -0.3 is 9.79 Å². The number of ketones is 1. The van der Waals surface area contributed by atoms with Gasteiger partial charge in [0.2, 0.25) is 0 Å². The lowest BCUT2D eigenvalue weighted by atomic mass is 9.91. The van der Waals surface area contributed by atoms with Crippen molar-refractivity contribution in [2.75, 3.05) is 6.16 Å². The van der Waals surface area contributed by atoms with E-state index in [0.717, 1.165) is 19.3 Å². The van der Waals surface area contributed by atoms with Gasteiger partial charge in [0, 0.05) is 0 Å². The highest BCUT2D eigenvalue weighted by Gasteiger charge is 2.38. The predicted molar refractivity (Wildman–Crippen MR) is 74.0 cm³/mol. The maximum absolute atomic E-state index is 14.3. The van der Waals surface area contributed by atoms with E-state index in [4.69, 9.17) is 9.79 Å². The van der Waals surface area contributed by atoms with Crippen LogP contribution in [0.15, 0.2) is 0 Å². The lowest BCUT2D eigenvalue weighted by Crippen LogP contribution is -2.35. The Balaban J connectivity index is 4.22. The molecule has 114 valence electrons. The molecule has 0 amide bonds. The summed E-state index contributed by atoms with van der Waals surface area (Å²) >= 11 is 0. The molecule has 0 heterocycles. The minimum atomic E-state index is -4.48. The van der Waals surface area contributed by atoms with Gasteiger partial charge in [-0.3, -0.25) is 9.36 Å². The van der Waals surface area contributed by atoms with E-state index in [0.29, 0.717) is 12.3 Å². The molecule has 0 saturated carbocycles. The van der Waals surface area contributed by atoms with E-state index in [2.05, 4.69) is 13.8 Å². The SMILES string of the molecule is CCC(F)(CCCCCC(C)C)C(=O)CP(=O)(O)O. The molecule has 19 heavy (non-hydrogen) atoms. The number of rotatable bonds is 10. The Kier molecular flexibility index (Phi) is 8.02. The topological polar surface area (TPSA) is 74.6 Å². The van der Waals surface area contributed by atoms with Crippen molar-refractivity contribution in [3.63, 3.8) is 0 Å². The van der Waals surface area contributed by atoms with Crippen LogP contribution in [0, 0.1) is 5.92 Å². The zero-order chi connectivity index (χ0) is 15.1. The molecule has 6 heteroatoms. The standard InChI is InChI=1S/C13H26FO4P/c1-4-13(14,12(15)10-19(16,17)18)9-7-5-6-8-11(2)3/h11H,4-10H2,1-3H3,(H2,16,17,18). The molecule has 1 atom stereocenters. The quantitative estimate of drug-likeness (QED) is 0.478. The third-order valence-electron chi connectivity index (χ3n) is 3.26. The highest BCUT2D eigenvalue weighted by molar-refractivity contribution is 7.52. The molecule has 0 bridgehead atoms. The largest absolute Gasteiger partial charge is 0.333 e. The first-order chi connectivity index (χ1) is 8.60. The van der Waals surface area contributed by atoms with Gasteiger partial charge >= 0.3 is 7.60 Å². The van der Waals surface area contributed by atoms with Gasteiger partial charge in [-0.15, -0.1) is 0 Å². The number of carbonyl (C=O) groups is 1. The Morgan fingerprint density at radius 3 is 2.26 bits per heavy atom. The zero-order valence-electron chi connectivity index (χ0n) is 12.1. The fraction of sp³-hybridized carbons (Fsp3) is 0.923. The summed E-state index contributed by atoms with van der Waals surface area (Å²) in [7, 11) is -4.48. The van der Waals surface area contributed by atoms with E-state index in [-0.39, 0.29) is 12.8 Å². The van der Waals surface area contributed by atoms with Crippen LogP contribution in [0.2, 0.25) is 0 Å². The number of carbonyl (C=O) groups excluding carboxylic acids is 1. The van der Waals surface area contributed by atoms with Crippen LogP contribution in [0.1, 0.15) is 59.3 Å². The second-order valence-corrected chi connectivity index (χ2v) is 7.20. The van der Waals surface area contributed by atoms with Gasteiger partial charge in [0.15, 0.2) is 11.5 Å². The first-order valence-corrected chi connectivity index (χ1v) is 8.67. The van der Waals surface area contributed by atoms with Crippen LogP contribution in [-0.4, -0.2) is 27.4 Å². The third-order valence-corrected chi connectivity index (χ3v) is 3.96. The van der Waals surface area contributed by atoms with Crippen molar-refractivity contribution in [1.29, 1.82) is 0 Å². The predicted octanol–water partition coefficient (Wildman–Crippen LogP) is 3.46. The molecule has 0 rings (SSSR count). The number of Topliss-reactive ketones (excluding diaryl/α,β-unsaturated/α-hetero) is 1. The van der Waals surface area contributed by atoms with Crippen molar-refractivity contribution in [2.45, 2.75) is 65.0 Å². The monoisotopic (exact) mass is 296 g/mol. The molecule has 0 aliphatic carbocycles. The number of halogens is 1. The van der Waals surface area contributed by atoms with Crippen molar-refractivity contribution in [3.8, 4) is 0 Å². The van der Waals surface area contributed by atoms with Crippen molar-refractivity contribution >= 4 is 13.4 Å². The van der Waals surface area contributed by atoms with E-state index in [1.165, 1.54) is 6.92 Å². The van der Waals surface area contributed by atoms with Gasteiger partial charge in [-0.1, -0.05) is 40.0 Å². The van der Waals surface area contributed by atoms with E-state index >= 15 is 0 Å². The molecule has 0 aromatic heterocycles. The number of hydrogen-bond donors (Lipinski definition) is 2. The molecule has 0 spiro atoms. The van der Waals surface area contributed by atoms with Gasteiger partial charge in [-0.25, -0.2) is 4.39 Å². The molecule has 4 nitrogen and oxygen atoms in total. The number of unbranched alkanes of at least 4 members (excludes halogenated alkanes) is 2. The number of alkyl halides is 1. The summed E-state index contributed by atoms with van der Waals surface area (Å²) in [6, 6.07) is 0. The first-order valence-electron chi connectivity index (χ1n) is 6.87. The van der Waals surface area contributed by atoms with Gasteiger partial charge in [0.05, 0.1) is 0 Å². The van der Waals surface area contributed by atoms with E-state index in [9.17, 15) is 13.8 Å². The average molecular weight is 296 g/mol. The summed E-state index contributed by atoms with van der Waals surface area (Å²) in [6.07, 6.45) is 2.50. The van der Waals surface area contributed by atoms with Crippen LogP contribution in [0.25, 0.3) is 0 Å². The van der Waals surface area contributed by atoms with Crippen LogP contribution in [0.4, 0.5) is 4.39 Å². The van der Waals surface area contributed by atoms with Crippen LogP contribution in [0.5, 0.6) is 0 Å². The normalized spacial score (nSPS) is 15.5. The Labute approximate surface area is 114 Å². The fourth-order valence-corrected chi connectivity index (χ4v) is 2.63. The Morgan fingerprint density at radius 1 is 1.26 bits per heavy atom. The molecule has 0 saturated heterocycles. The summed E-state index contributed by atoms with van der Waals surface area (Å²) in [5, 5.41) is 0. The Hall–Kier alpha value is -0.250. The van der Waals surface area contributed by atoms with E-state index in [1.54, 1.807) is 0 Å². The fourth-order valence-electron chi connectivity index (χ4n) is 1.98. The Bertz CT molecular complexity index is 327. The molecule has 0 aliphatic rings. The zero-order valence-corrected chi connectivity index (χ0v) is 13.0. The second-order valence-electron chi connectivity index (χ2n) is 5.56. The summed E-state index contributed by atoms with van der Waals surface area (Å²) < 4.78 is 25.1.